The van der Waals surface area contributed by atoms with Gasteiger partial charge < -0.3 is 9.73 Å². The van der Waals surface area contributed by atoms with Crippen LogP contribution in [-0.4, -0.2) is 9.91 Å². The van der Waals surface area contributed by atoms with E-state index in [1.54, 1.807) is 13.0 Å². The van der Waals surface area contributed by atoms with Crippen molar-refractivity contribution in [2.45, 2.75) is 13.5 Å². The number of hydrogen-bond donors (Lipinski definition) is 1. The highest BCUT2D eigenvalue weighted by molar-refractivity contribution is 5.74. The van der Waals surface area contributed by atoms with Crippen LogP contribution in [0.5, 0.6) is 0 Å². The molecule has 3 rings (SSSR count). The van der Waals surface area contributed by atoms with Crippen LogP contribution in [0.4, 0.5) is 11.7 Å². The molecule has 0 amide bonds. The monoisotopic (exact) mass is 283 g/mol. The first-order valence-electron chi connectivity index (χ1n) is 6.47. The molecule has 21 heavy (non-hydrogen) atoms. The van der Waals surface area contributed by atoms with Gasteiger partial charge in [0.2, 0.25) is 0 Å². The quantitative estimate of drug-likeness (QED) is 0.583. The standard InChI is InChI=1S/C15H13N3O3/c1-10-11(5-4-7-13(10)18(19)20)9-16-15-17-12-6-2-3-8-14(12)21-15/h2-8H,9H2,1H3,(H,16,17). The van der Waals surface area contributed by atoms with Crippen LogP contribution in [0, 0.1) is 17.0 Å². The summed E-state index contributed by atoms with van der Waals surface area (Å²) in [6.45, 7) is 2.15. The number of anilines is 1. The molecule has 106 valence electrons. The van der Waals surface area contributed by atoms with E-state index in [4.69, 9.17) is 4.42 Å². The highest BCUT2D eigenvalue weighted by atomic mass is 16.6. The first-order chi connectivity index (χ1) is 10.1. The molecule has 0 spiro atoms. The molecule has 0 atom stereocenters. The van der Waals surface area contributed by atoms with Crippen LogP contribution < -0.4 is 5.32 Å². The molecule has 0 saturated carbocycles. The van der Waals surface area contributed by atoms with Gasteiger partial charge in [0.25, 0.3) is 11.7 Å². The highest BCUT2D eigenvalue weighted by Crippen LogP contribution is 2.23. The minimum atomic E-state index is -0.377. The van der Waals surface area contributed by atoms with E-state index in [9.17, 15) is 10.1 Å². The van der Waals surface area contributed by atoms with Crippen LogP contribution in [0.3, 0.4) is 0 Å². The number of hydrogen-bond acceptors (Lipinski definition) is 5. The number of para-hydroxylation sites is 2. The van der Waals surface area contributed by atoms with Gasteiger partial charge in [-0.25, -0.2) is 0 Å². The van der Waals surface area contributed by atoms with E-state index in [1.165, 1.54) is 6.07 Å². The lowest BCUT2D eigenvalue weighted by Gasteiger charge is -2.06. The van der Waals surface area contributed by atoms with Crippen molar-refractivity contribution in [2.75, 3.05) is 5.32 Å². The molecule has 1 heterocycles. The summed E-state index contributed by atoms with van der Waals surface area (Å²) in [5, 5.41) is 14.0. The molecule has 0 saturated heterocycles. The van der Waals surface area contributed by atoms with Gasteiger partial charge in [0.1, 0.15) is 5.52 Å². The van der Waals surface area contributed by atoms with E-state index in [0.29, 0.717) is 23.7 Å². The van der Waals surface area contributed by atoms with Gasteiger partial charge >= 0.3 is 0 Å². The van der Waals surface area contributed by atoms with Crippen LogP contribution >= 0.6 is 0 Å². The second-order valence-electron chi connectivity index (χ2n) is 4.66. The van der Waals surface area contributed by atoms with E-state index < -0.39 is 0 Å². The largest absolute Gasteiger partial charge is 0.424 e. The van der Waals surface area contributed by atoms with E-state index in [1.807, 2.05) is 30.3 Å². The van der Waals surface area contributed by atoms with Crippen LogP contribution in [0.1, 0.15) is 11.1 Å². The van der Waals surface area contributed by atoms with Crippen LogP contribution in [0.2, 0.25) is 0 Å². The van der Waals surface area contributed by atoms with Gasteiger partial charge in [-0.2, -0.15) is 4.98 Å². The van der Waals surface area contributed by atoms with Gasteiger partial charge in [0, 0.05) is 18.2 Å². The topological polar surface area (TPSA) is 81.2 Å². The number of nitrogens with one attached hydrogen (secondary N) is 1. The van der Waals surface area contributed by atoms with E-state index in [2.05, 4.69) is 10.3 Å². The molecule has 0 bridgehead atoms. The molecule has 0 unspecified atom stereocenters. The Bertz CT molecular complexity index is 778. The maximum atomic E-state index is 10.9. The molecular formula is C15H13N3O3. The average Bonchev–Trinajstić information content (AvgIpc) is 2.88. The van der Waals surface area contributed by atoms with E-state index in [-0.39, 0.29) is 10.6 Å². The Morgan fingerprint density at radius 1 is 1.24 bits per heavy atom. The fraction of sp³-hybridized carbons (Fsp3) is 0.133. The summed E-state index contributed by atoms with van der Waals surface area (Å²) in [6, 6.07) is 12.9. The number of nitrogens with zero attached hydrogens (tertiary/aromatic N) is 2. The van der Waals surface area contributed by atoms with Gasteiger partial charge in [-0.05, 0) is 24.6 Å². The lowest BCUT2D eigenvalue weighted by Crippen LogP contribution is -2.03. The molecule has 0 aliphatic rings. The number of fused-ring (bicyclic) bond motifs is 1. The lowest BCUT2D eigenvalue weighted by atomic mass is 10.1. The summed E-state index contributed by atoms with van der Waals surface area (Å²) < 4.78 is 5.55. The van der Waals surface area contributed by atoms with E-state index >= 15 is 0 Å². The van der Waals surface area contributed by atoms with Crippen molar-refractivity contribution in [3.63, 3.8) is 0 Å². The van der Waals surface area contributed by atoms with Gasteiger partial charge in [0.15, 0.2) is 5.58 Å². The van der Waals surface area contributed by atoms with Crippen molar-refractivity contribution < 1.29 is 9.34 Å². The maximum absolute atomic E-state index is 10.9. The molecule has 2 aromatic carbocycles. The second-order valence-corrected chi connectivity index (χ2v) is 4.66. The lowest BCUT2D eigenvalue weighted by molar-refractivity contribution is -0.385. The minimum Gasteiger partial charge on any atom is -0.424 e. The van der Waals surface area contributed by atoms with Gasteiger partial charge in [-0.1, -0.05) is 24.3 Å². The third kappa shape index (κ3) is 2.55. The summed E-state index contributed by atoms with van der Waals surface area (Å²) in [7, 11) is 0. The molecular weight excluding hydrogens is 270 g/mol. The van der Waals surface area contributed by atoms with Crippen molar-refractivity contribution >= 4 is 22.8 Å². The maximum Gasteiger partial charge on any atom is 0.295 e. The van der Waals surface area contributed by atoms with Crippen molar-refractivity contribution in [3.05, 3.63) is 63.7 Å². The zero-order valence-corrected chi connectivity index (χ0v) is 11.4. The Morgan fingerprint density at radius 3 is 2.81 bits per heavy atom. The number of benzene rings is 2. The summed E-state index contributed by atoms with van der Waals surface area (Å²) in [6.07, 6.45) is 0. The first-order valence-corrected chi connectivity index (χ1v) is 6.47. The smallest absolute Gasteiger partial charge is 0.295 e. The molecule has 6 heteroatoms. The van der Waals surface area contributed by atoms with Gasteiger partial charge in [-0.15, -0.1) is 0 Å². The third-order valence-corrected chi connectivity index (χ3v) is 3.34. The Morgan fingerprint density at radius 2 is 2.05 bits per heavy atom. The van der Waals surface area contributed by atoms with Crippen LogP contribution in [-0.2, 0) is 6.54 Å². The second kappa shape index (κ2) is 5.24. The Balaban J connectivity index is 1.81. The molecule has 0 aliphatic heterocycles. The third-order valence-electron chi connectivity index (χ3n) is 3.34. The normalized spacial score (nSPS) is 10.7. The zero-order chi connectivity index (χ0) is 14.8. The van der Waals surface area contributed by atoms with Gasteiger partial charge in [-0.3, -0.25) is 10.1 Å². The predicted octanol–water partition coefficient (Wildman–Crippen LogP) is 3.66. The molecule has 0 fully saturated rings. The minimum absolute atomic E-state index is 0.117. The molecule has 6 nitrogen and oxygen atoms in total. The Kier molecular flexibility index (Phi) is 3.27. The number of rotatable bonds is 4. The molecule has 0 radical (unpaired) electrons. The van der Waals surface area contributed by atoms with Crippen molar-refractivity contribution in [1.29, 1.82) is 0 Å². The average molecular weight is 283 g/mol. The van der Waals surface area contributed by atoms with Crippen LogP contribution in [0.15, 0.2) is 46.9 Å². The molecule has 3 aromatic rings. The Labute approximate surface area is 120 Å². The summed E-state index contributed by atoms with van der Waals surface area (Å²) in [5.41, 5.74) is 3.08. The molecule has 1 N–H and O–H groups in total. The summed E-state index contributed by atoms with van der Waals surface area (Å²) in [5.74, 6) is 0. The van der Waals surface area contributed by atoms with E-state index in [0.717, 1.165) is 11.1 Å². The number of aromatic nitrogens is 1. The fourth-order valence-electron chi connectivity index (χ4n) is 2.18. The van der Waals surface area contributed by atoms with Crippen molar-refractivity contribution in [1.82, 2.24) is 4.98 Å². The predicted molar refractivity (Wildman–Crippen MR) is 79.2 cm³/mol. The van der Waals surface area contributed by atoms with Crippen molar-refractivity contribution in [3.8, 4) is 0 Å². The highest BCUT2D eigenvalue weighted by Gasteiger charge is 2.13. The number of nitro benzene ring substituents is 1. The van der Waals surface area contributed by atoms with Crippen LogP contribution in [0.25, 0.3) is 11.1 Å². The summed E-state index contributed by atoms with van der Waals surface area (Å²) >= 11 is 0. The molecule has 0 aliphatic carbocycles. The molecule has 1 aromatic heterocycles. The SMILES string of the molecule is Cc1c(CNc2nc3ccccc3o2)cccc1[N+](=O)[O-]. The summed E-state index contributed by atoms with van der Waals surface area (Å²) in [4.78, 5) is 14.8. The van der Waals surface area contributed by atoms with Crippen molar-refractivity contribution in [2.24, 2.45) is 0 Å². The Hall–Kier alpha value is -2.89. The first kappa shape index (κ1) is 13.1. The fourth-order valence-corrected chi connectivity index (χ4v) is 2.18. The number of nitro groups is 1. The number of oxazole rings is 1. The van der Waals surface area contributed by atoms with Gasteiger partial charge in [0.05, 0.1) is 4.92 Å². The zero-order valence-electron chi connectivity index (χ0n) is 11.4.